The number of alkyl halides is 6. The van der Waals surface area contributed by atoms with Gasteiger partial charge in [-0.1, -0.05) is 36.4 Å². The number of ether oxygens (including phenoxy) is 2. The molecule has 0 aromatic heterocycles. The predicted molar refractivity (Wildman–Crippen MR) is 118 cm³/mol. The summed E-state index contributed by atoms with van der Waals surface area (Å²) in [5.41, 5.74) is 0.896. The van der Waals surface area contributed by atoms with E-state index < -0.39 is 37.2 Å². The van der Waals surface area contributed by atoms with Gasteiger partial charge in [0.15, 0.2) is 0 Å². The maximum absolute atomic E-state index is 13.2. The second-order valence-corrected chi connectivity index (χ2v) is 7.74. The van der Waals surface area contributed by atoms with Crippen molar-refractivity contribution in [2.75, 3.05) is 18.1 Å². The Balaban J connectivity index is 1.86. The fourth-order valence-electron chi connectivity index (χ4n) is 3.40. The smallest absolute Gasteiger partial charge is 0.457 e. The van der Waals surface area contributed by atoms with Crippen LogP contribution in [0.25, 0.3) is 0 Å². The number of halogens is 6. The molecule has 3 aromatic rings. The molecule has 1 N–H and O–H groups in total. The Hall–Kier alpha value is -3.40. The van der Waals surface area contributed by atoms with E-state index in [0.29, 0.717) is 22.7 Å². The molecular weight excluding hydrogens is 476 g/mol. The van der Waals surface area contributed by atoms with E-state index in [-0.39, 0.29) is 13.1 Å². The average Bonchev–Trinajstić information content (AvgIpc) is 2.78. The van der Waals surface area contributed by atoms with Crippen molar-refractivity contribution >= 4 is 5.69 Å². The molecule has 0 aliphatic rings. The standard InChI is InChI=1S/C25H23F6NO3/c26-24(27,28)19(17-33)12-13-32(16-18-6-4-11-23(14-18)35-25(29,30)31)20-7-5-10-22(15-20)34-21-8-2-1-3-9-21/h1-11,14-15,19,33H,12-13,16-17H2. The molecule has 0 saturated carbocycles. The minimum absolute atomic E-state index is 0.000146. The molecule has 0 saturated heterocycles. The van der Waals surface area contributed by atoms with Crippen molar-refractivity contribution in [1.29, 1.82) is 0 Å². The number of benzene rings is 3. The van der Waals surface area contributed by atoms with E-state index in [9.17, 15) is 31.4 Å². The van der Waals surface area contributed by atoms with Crippen LogP contribution in [0.3, 0.4) is 0 Å². The highest BCUT2D eigenvalue weighted by molar-refractivity contribution is 5.52. The largest absolute Gasteiger partial charge is 0.573 e. The van der Waals surface area contributed by atoms with Gasteiger partial charge in [-0.15, -0.1) is 13.2 Å². The van der Waals surface area contributed by atoms with Crippen molar-refractivity contribution in [1.82, 2.24) is 0 Å². The van der Waals surface area contributed by atoms with Crippen molar-refractivity contribution in [2.45, 2.75) is 25.5 Å². The molecule has 35 heavy (non-hydrogen) atoms. The Kier molecular flexibility index (Phi) is 8.50. The molecule has 0 heterocycles. The second kappa shape index (κ2) is 11.4. The quantitative estimate of drug-likeness (QED) is 0.307. The third-order valence-electron chi connectivity index (χ3n) is 5.10. The number of aliphatic hydroxyl groups is 1. The van der Waals surface area contributed by atoms with Gasteiger partial charge < -0.3 is 19.5 Å². The fourth-order valence-corrected chi connectivity index (χ4v) is 3.40. The van der Waals surface area contributed by atoms with E-state index in [2.05, 4.69) is 4.74 Å². The van der Waals surface area contributed by atoms with E-state index >= 15 is 0 Å². The molecule has 0 radical (unpaired) electrons. The lowest BCUT2D eigenvalue weighted by atomic mass is 10.1. The zero-order valence-corrected chi connectivity index (χ0v) is 18.4. The van der Waals surface area contributed by atoms with Crippen molar-refractivity contribution in [3.05, 3.63) is 84.4 Å². The van der Waals surface area contributed by atoms with Crippen LogP contribution in [-0.2, 0) is 6.54 Å². The van der Waals surface area contributed by atoms with E-state index in [1.54, 1.807) is 59.5 Å². The van der Waals surface area contributed by atoms with Gasteiger partial charge in [-0.2, -0.15) is 13.2 Å². The minimum Gasteiger partial charge on any atom is -0.457 e. The Morgan fingerprint density at radius 2 is 1.43 bits per heavy atom. The van der Waals surface area contributed by atoms with Crippen LogP contribution in [0.5, 0.6) is 17.2 Å². The molecule has 0 amide bonds. The van der Waals surface area contributed by atoms with Crippen LogP contribution in [0.2, 0.25) is 0 Å². The molecule has 1 atom stereocenters. The highest BCUT2D eigenvalue weighted by Crippen LogP contribution is 2.32. The Morgan fingerprint density at radius 3 is 2.09 bits per heavy atom. The average molecular weight is 499 g/mol. The summed E-state index contributed by atoms with van der Waals surface area (Å²) in [5, 5.41) is 9.21. The SMILES string of the molecule is OCC(CCN(Cc1cccc(OC(F)(F)F)c1)c1cccc(Oc2ccccc2)c1)C(F)(F)F. The van der Waals surface area contributed by atoms with Crippen molar-refractivity contribution in [3.8, 4) is 17.2 Å². The van der Waals surface area contributed by atoms with Crippen LogP contribution in [0, 0.1) is 5.92 Å². The highest BCUT2D eigenvalue weighted by Gasteiger charge is 2.39. The molecule has 1 unspecified atom stereocenters. The molecule has 0 bridgehead atoms. The van der Waals surface area contributed by atoms with Gasteiger partial charge in [-0.05, 0) is 48.4 Å². The first-order valence-electron chi connectivity index (χ1n) is 10.6. The van der Waals surface area contributed by atoms with E-state index in [1.165, 1.54) is 12.1 Å². The Morgan fingerprint density at radius 1 is 0.771 bits per heavy atom. The highest BCUT2D eigenvalue weighted by atomic mass is 19.4. The first-order valence-corrected chi connectivity index (χ1v) is 10.6. The predicted octanol–water partition coefficient (Wildman–Crippen LogP) is 6.95. The van der Waals surface area contributed by atoms with Gasteiger partial charge in [0.25, 0.3) is 0 Å². The topological polar surface area (TPSA) is 41.9 Å². The van der Waals surface area contributed by atoms with Crippen LogP contribution in [0.15, 0.2) is 78.9 Å². The minimum atomic E-state index is -4.87. The van der Waals surface area contributed by atoms with Crippen LogP contribution >= 0.6 is 0 Å². The molecule has 3 rings (SSSR count). The number of rotatable bonds is 10. The Labute approximate surface area is 198 Å². The normalized spacial score (nSPS) is 12.8. The summed E-state index contributed by atoms with van der Waals surface area (Å²) < 4.78 is 87.2. The van der Waals surface area contributed by atoms with Gasteiger partial charge in [0.2, 0.25) is 0 Å². The summed E-state index contributed by atoms with van der Waals surface area (Å²) in [6.45, 7) is -1.19. The second-order valence-electron chi connectivity index (χ2n) is 7.74. The molecule has 0 aliphatic carbocycles. The van der Waals surface area contributed by atoms with E-state index in [0.717, 1.165) is 6.07 Å². The summed E-state index contributed by atoms with van der Waals surface area (Å²) in [6, 6.07) is 20.7. The van der Waals surface area contributed by atoms with Gasteiger partial charge in [0, 0.05) is 24.8 Å². The summed E-state index contributed by atoms with van der Waals surface area (Å²) in [4.78, 5) is 1.58. The summed E-state index contributed by atoms with van der Waals surface area (Å²) in [5.74, 6) is -1.37. The lowest BCUT2D eigenvalue weighted by molar-refractivity contribution is -0.274. The molecule has 3 aromatic carbocycles. The van der Waals surface area contributed by atoms with Crippen molar-refractivity contribution in [2.24, 2.45) is 5.92 Å². The first-order chi connectivity index (χ1) is 16.5. The fraction of sp³-hybridized carbons (Fsp3) is 0.280. The third kappa shape index (κ3) is 8.40. The number of hydrogen-bond acceptors (Lipinski definition) is 4. The third-order valence-corrected chi connectivity index (χ3v) is 5.10. The van der Waals surface area contributed by atoms with Gasteiger partial charge in [0.1, 0.15) is 17.2 Å². The molecule has 0 spiro atoms. The number of nitrogens with zero attached hydrogens (tertiary/aromatic N) is 1. The number of para-hydroxylation sites is 1. The van der Waals surface area contributed by atoms with Gasteiger partial charge in [-0.25, -0.2) is 0 Å². The zero-order valence-electron chi connectivity index (χ0n) is 18.4. The monoisotopic (exact) mass is 499 g/mol. The molecular formula is C25H23F6NO3. The van der Waals surface area contributed by atoms with Crippen LogP contribution in [0.1, 0.15) is 12.0 Å². The summed E-state index contributed by atoms with van der Waals surface area (Å²) in [7, 11) is 0. The maximum atomic E-state index is 13.2. The molecule has 4 nitrogen and oxygen atoms in total. The van der Waals surface area contributed by atoms with Gasteiger partial charge in [0.05, 0.1) is 12.5 Å². The molecule has 188 valence electrons. The van der Waals surface area contributed by atoms with Crippen molar-refractivity contribution in [3.63, 3.8) is 0 Å². The van der Waals surface area contributed by atoms with Crippen LogP contribution in [0.4, 0.5) is 32.0 Å². The lowest BCUT2D eigenvalue weighted by Crippen LogP contribution is -2.32. The maximum Gasteiger partial charge on any atom is 0.573 e. The lowest BCUT2D eigenvalue weighted by Gasteiger charge is -2.28. The molecule has 0 aliphatic heterocycles. The molecule has 10 heteroatoms. The molecule has 0 fully saturated rings. The first kappa shape index (κ1) is 26.2. The van der Waals surface area contributed by atoms with Crippen molar-refractivity contribution < 1.29 is 40.9 Å². The number of hydrogen-bond donors (Lipinski definition) is 1. The van der Waals surface area contributed by atoms with E-state index in [1.807, 2.05) is 6.07 Å². The van der Waals surface area contributed by atoms with E-state index in [4.69, 9.17) is 4.74 Å². The zero-order chi connectivity index (χ0) is 25.5. The summed E-state index contributed by atoms with van der Waals surface area (Å²) in [6.07, 6.45) is -9.87. The van der Waals surface area contributed by atoms with Gasteiger partial charge >= 0.3 is 12.5 Å². The number of anilines is 1. The van der Waals surface area contributed by atoms with Crippen LogP contribution < -0.4 is 14.4 Å². The summed E-state index contributed by atoms with van der Waals surface area (Å²) >= 11 is 0. The Bertz CT molecular complexity index is 1070. The van der Waals surface area contributed by atoms with Crippen LogP contribution in [-0.4, -0.2) is 30.8 Å². The number of aliphatic hydroxyl groups excluding tert-OH is 1. The van der Waals surface area contributed by atoms with Gasteiger partial charge in [-0.3, -0.25) is 0 Å².